The van der Waals surface area contributed by atoms with Crippen molar-refractivity contribution in [1.29, 1.82) is 0 Å². The minimum atomic E-state index is -0.715. The van der Waals surface area contributed by atoms with Crippen molar-refractivity contribution in [2.24, 2.45) is 0 Å². The number of ether oxygens (including phenoxy) is 1. The number of carbonyl (C=O) groups excluding carboxylic acids is 1. The third-order valence-corrected chi connectivity index (χ3v) is 5.18. The van der Waals surface area contributed by atoms with Gasteiger partial charge in [0.05, 0.1) is 0 Å². The van der Waals surface area contributed by atoms with Gasteiger partial charge in [0.2, 0.25) is 0 Å². The van der Waals surface area contributed by atoms with E-state index in [1.807, 2.05) is 30.5 Å². The van der Waals surface area contributed by atoms with Crippen LogP contribution in [0, 0.1) is 5.82 Å². The SMILES string of the molecule is Cl.O=C(Nc1cccc(OCc2cccc(F)c2)c1)C1(n2cccn2)CCNCC1. The number of carbonyl (C=O) groups is 1. The molecule has 4 rings (SSSR count). The van der Waals surface area contributed by atoms with Crippen LogP contribution in [-0.2, 0) is 16.9 Å². The van der Waals surface area contributed by atoms with Gasteiger partial charge in [-0.1, -0.05) is 18.2 Å². The van der Waals surface area contributed by atoms with Crippen molar-refractivity contribution in [2.45, 2.75) is 25.0 Å². The molecular formula is C22H24ClFN4O2. The van der Waals surface area contributed by atoms with E-state index >= 15 is 0 Å². The van der Waals surface area contributed by atoms with Crippen LogP contribution in [-0.4, -0.2) is 28.8 Å². The summed E-state index contributed by atoms with van der Waals surface area (Å²) in [5, 5.41) is 10.7. The van der Waals surface area contributed by atoms with E-state index in [2.05, 4.69) is 15.7 Å². The molecule has 0 atom stereocenters. The zero-order chi connectivity index (χ0) is 20.1. The monoisotopic (exact) mass is 430 g/mol. The first-order valence-corrected chi connectivity index (χ1v) is 9.65. The van der Waals surface area contributed by atoms with E-state index in [9.17, 15) is 9.18 Å². The second-order valence-corrected chi connectivity index (χ2v) is 7.13. The van der Waals surface area contributed by atoms with Crippen molar-refractivity contribution in [3.8, 4) is 5.75 Å². The fraction of sp³-hybridized carbons (Fsp3) is 0.273. The van der Waals surface area contributed by atoms with E-state index < -0.39 is 5.54 Å². The lowest BCUT2D eigenvalue weighted by Gasteiger charge is -2.36. The fourth-order valence-corrected chi connectivity index (χ4v) is 3.63. The summed E-state index contributed by atoms with van der Waals surface area (Å²) >= 11 is 0. The molecule has 30 heavy (non-hydrogen) atoms. The molecule has 0 bridgehead atoms. The first kappa shape index (κ1) is 21.8. The first-order valence-electron chi connectivity index (χ1n) is 9.65. The molecule has 0 saturated carbocycles. The molecule has 2 heterocycles. The smallest absolute Gasteiger partial charge is 0.252 e. The Morgan fingerprint density at radius 2 is 1.97 bits per heavy atom. The summed E-state index contributed by atoms with van der Waals surface area (Å²) in [6.07, 6.45) is 4.86. The number of rotatable bonds is 6. The number of nitrogens with zero attached hydrogens (tertiary/aromatic N) is 2. The molecule has 1 amide bonds. The number of nitrogens with one attached hydrogen (secondary N) is 2. The van der Waals surface area contributed by atoms with Crippen LogP contribution in [0.1, 0.15) is 18.4 Å². The molecule has 1 aromatic heterocycles. The predicted molar refractivity (Wildman–Crippen MR) is 115 cm³/mol. The van der Waals surface area contributed by atoms with E-state index in [0.29, 0.717) is 24.3 Å². The van der Waals surface area contributed by atoms with Gasteiger partial charge in [0.1, 0.15) is 23.7 Å². The van der Waals surface area contributed by atoms with Gasteiger partial charge in [0.25, 0.3) is 5.91 Å². The van der Waals surface area contributed by atoms with Gasteiger partial charge in [-0.2, -0.15) is 5.10 Å². The van der Waals surface area contributed by atoms with Crippen LogP contribution in [0.3, 0.4) is 0 Å². The fourth-order valence-electron chi connectivity index (χ4n) is 3.63. The average molecular weight is 431 g/mol. The summed E-state index contributed by atoms with van der Waals surface area (Å²) in [5.74, 6) is 0.216. The first-order chi connectivity index (χ1) is 14.2. The number of amides is 1. The molecule has 3 aromatic rings. The van der Waals surface area contributed by atoms with Crippen molar-refractivity contribution in [2.75, 3.05) is 18.4 Å². The van der Waals surface area contributed by atoms with Crippen LogP contribution >= 0.6 is 12.4 Å². The second-order valence-electron chi connectivity index (χ2n) is 7.13. The van der Waals surface area contributed by atoms with Gasteiger partial charge >= 0.3 is 0 Å². The summed E-state index contributed by atoms with van der Waals surface area (Å²) in [7, 11) is 0. The molecule has 8 heteroatoms. The van der Waals surface area contributed by atoms with E-state index in [1.165, 1.54) is 12.1 Å². The molecule has 0 spiro atoms. The van der Waals surface area contributed by atoms with Crippen molar-refractivity contribution in [3.05, 3.63) is 78.4 Å². The van der Waals surface area contributed by atoms with Gasteiger partial charge in [0, 0.05) is 24.1 Å². The zero-order valence-electron chi connectivity index (χ0n) is 16.4. The molecule has 6 nitrogen and oxygen atoms in total. The maximum atomic E-state index is 13.3. The largest absolute Gasteiger partial charge is 0.489 e. The lowest BCUT2D eigenvalue weighted by Crippen LogP contribution is -2.52. The summed E-state index contributed by atoms with van der Waals surface area (Å²) in [5.41, 5.74) is 0.677. The summed E-state index contributed by atoms with van der Waals surface area (Å²) in [4.78, 5) is 13.2. The Morgan fingerprint density at radius 3 is 2.70 bits per heavy atom. The van der Waals surface area contributed by atoms with Crippen molar-refractivity contribution in [1.82, 2.24) is 15.1 Å². The highest BCUT2D eigenvalue weighted by Crippen LogP contribution is 2.29. The Hall–Kier alpha value is -2.90. The number of hydrogen-bond donors (Lipinski definition) is 2. The van der Waals surface area contributed by atoms with Crippen LogP contribution in [0.2, 0.25) is 0 Å². The van der Waals surface area contributed by atoms with E-state index in [-0.39, 0.29) is 30.7 Å². The van der Waals surface area contributed by atoms with Crippen LogP contribution in [0.4, 0.5) is 10.1 Å². The van der Waals surface area contributed by atoms with Crippen LogP contribution < -0.4 is 15.4 Å². The molecule has 2 N–H and O–H groups in total. The molecule has 0 unspecified atom stereocenters. The standard InChI is InChI=1S/C22H23FN4O2.ClH/c23-18-5-1-4-17(14-18)16-29-20-7-2-6-19(15-20)26-21(28)22(8-11-24-12-9-22)27-13-3-10-25-27;/h1-7,10,13-15,24H,8-9,11-12,16H2,(H,26,28);1H. The number of aromatic nitrogens is 2. The van der Waals surface area contributed by atoms with Crippen LogP contribution in [0.5, 0.6) is 5.75 Å². The Bertz CT molecular complexity index is 975. The minimum absolute atomic E-state index is 0. The number of anilines is 1. The number of piperidine rings is 1. The molecule has 1 saturated heterocycles. The summed E-state index contributed by atoms with van der Waals surface area (Å²) in [6.45, 7) is 1.76. The van der Waals surface area contributed by atoms with Gasteiger partial charge in [-0.15, -0.1) is 12.4 Å². The van der Waals surface area contributed by atoms with Crippen molar-refractivity contribution < 1.29 is 13.9 Å². The average Bonchev–Trinajstić information content (AvgIpc) is 3.29. The van der Waals surface area contributed by atoms with Crippen molar-refractivity contribution >= 4 is 24.0 Å². The van der Waals surface area contributed by atoms with Crippen LogP contribution in [0.15, 0.2) is 67.0 Å². The highest BCUT2D eigenvalue weighted by Gasteiger charge is 2.42. The molecule has 1 fully saturated rings. The number of benzene rings is 2. The third-order valence-electron chi connectivity index (χ3n) is 5.18. The number of halogens is 2. The van der Waals surface area contributed by atoms with Gasteiger partial charge in [0.15, 0.2) is 0 Å². The quantitative estimate of drug-likeness (QED) is 0.625. The summed E-state index contributed by atoms with van der Waals surface area (Å²) in [6, 6.07) is 15.4. The topological polar surface area (TPSA) is 68.2 Å². The number of hydrogen-bond acceptors (Lipinski definition) is 4. The highest BCUT2D eigenvalue weighted by molar-refractivity contribution is 5.96. The summed E-state index contributed by atoms with van der Waals surface area (Å²) < 4.78 is 20.8. The van der Waals surface area contributed by atoms with Crippen molar-refractivity contribution in [3.63, 3.8) is 0 Å². The Labute approximate surface area is 180 Å². The third kappa shape index (κ3) is 4.80. The maximum Gasteiger partial charge on any atom is 0.252 e. The molecule has 0 aliphatic carbocycles. The van der Waals surface area contributed by atoms with Gasteiger partial charge < -0.3 is 15.4 Å². The lowest BCUT2D eigenvalue weighted by molar-refractivity contribution is -0.126. The Balaban J connectivity index is 0.00000256. The zero-order valence-corrected chi connectivity index (χ0v) is 17.2. The molecule has 1 aliphatic rings. The maximum absolute atomic E-state index is 13.3. The lowest BCUT2D eigenvalue weighted by atomic mass is 9.87. The van der Waals surface area contributed by atoms with Crippen LogP contribution in [0.25, 0.3) is 0 Å². The normalized spacial score (nSPS) is 15.1. The molecule has 158 valence electrons. The molecular weight excluding hydrogens is 407 g/mol. The van der Waals surface area contributed by atoms with E-state index in [1.54, 1.807) is 29.1 Å². The Kier molecular flexibility index (Phi) is 7.07. The van der Waals surface area contributed by atoms with Gasteiger partial charge in [-0.25, -0.2) is 4.39 Å². The molecule has 0 radical (unpaired) electrons. The van der Waals surface area contributed by atoms with E-state index in [4.69, 9.17) is 4.74 Å². The Morgan fingerprint density at radius 1 is 1.17 bits per heavy atom. The second kappa shape index (κ2) is 9.73. The van der Waals surface area contributed by atoms with Gasteiger partial charge in [-0.05, 0) is 61.8 Å². The van der Waals surface area contributed by atoms with Gasteiger partial charge in [-0.3, -0.25) is 9.48 Å². The van der Waals surface area contributed by atoms with E-state index in [0.717, 1.165) is 18.7 Å². The molecule has 1 aliphatic heterocycles. The predicted octanol–water partition coefficient (Wildman–Crippen LogP) is 3.74. The molecule has 2 aromatic carbocycles. The minimum Gasteiger partial charge on any atom is -0.489 e. The highest BCUT2D eigenvalue weighted by atomic mass is 35.5.